The van der Waals surface area contributed by atoms with Crippen molar-refractivity contribution < 1.29 is 18.1 Å². The highest BCUT2D eigenvalue weighted by molar-refractivity contribution is 7.92. The van der Waals surface area contributed by atoms with E-state index in [4.69, 9.17) is 0 Å². The number of carbonyl (C=O) groups excluding carboxylic acids is 1. The third kappa shape index (κ3) is 5.01. The van der Waals surface area contributed by atoms with Crippen molar-refractivity contribution in [3.8, 4) is 0 Å². The standard InChI is InChI=1S/C16H17N3O5S/c1-17-16(20)11-4-12-2-5-13(6-3-12)18-25(23,24)15-9-7-14(8-10-15)19(21)22/h2-3,5-10,18H,4,11H2,1H3,(H,17,20). The Kier molecular flexibility index (Phi) is 5.71. The molecule has 25 heavy (non-hydrogen) atoms. The van der Waals surface area contributed by atoms with Crippen LogP contribution in [-0.4, -0.2) is 26.3 Å². The molecule has 0 saturated heterocycles. The highest BCUT2D eigenvalue weighted by atomic mass is 32.2. The molecule has 0 aliphatic carbocycles. The molecule has 9 heteroatoms. The molecule has 2 rings (SSSR count). The number of anilines is 1. The molecule has 8 nitrogen and oxygen atoms in total. The molecule has 132 valence electrons. The maximum atomic E-state index is 12.3. The van der Waals surface area contributed by atoms with Crippen molar-refractivity contribution in [1.29, 1.82) is 0 Å². The van der Waals surface area contributed by atoms with Gasteiger partial charge in [-0.1, -0.05) is 12.1 Å². The molecule has 0 radical (unpaired) electrons. The van der Waals surface area contributed by atoms with E-state index in [1.165, 1.54) is 12.1 Å². The Bertz CT molecular complexity index is 862. The van der Waals surface area contributed by atoms with Gasteiger partial charge in [0.15, 0.2) is 0 Å². The zero-order chi connectivity index (χ0) is 18.4. The second-order valence-corrected chi connectivity index (χ2v) is 6.91. The van der Waals surface area contributed by atoms with Gasteiger partial charge >= 0.3 is 0 Å². The molecule has 0 heterocycles. The van der Waals surface area contributed by atoms with Crippen LogP contribution in [0.3, 0.4) is 0 Å². The van der Waals surface area contributed by atoms with Gasteiger partial charge < -0.3 is 5.32 Å². The Balaban J connectivity index is 2.07. The fourth-order valence-corrected chi connectivity index (χ4v) is 3.14. The molecule has 0 atom stereocenters. The number of sulfonamides is 1. The van der Waals surface area contributed by atoms with Gasteiger partial charge in [0, 0.05) is 31.3 Å². The zero-order valence-corrected chi connectivity index (χ0v) is 14.2. The quantitative estimate of drug-likeness (QED) is 0.577. The Labute approximate surface area is 145 Å². The van der Waals surface area contributed by atoms with E-state index in [1.807, 2.05) is 0 Å². The van der Waals surface area contributed by atoms with Crippen LogP contribution in [0, 0.1) is 10.1 Å². The number of nitrogens with one attached hydrogen (secondary N) is 2. The van der Waals surface area contributed by atoms with E-state index >= 15 is 0 Å². The van der Waals surface area contributed by atoms with Crippen molar-refractivity contribution in [2.75, 3.05) is 11.8 Å². The first-order valence-electron chi connectivity index (χ1n) is 7.38. The SMILES string of the molecule is CNC(=O)CCc1ccc(NS(=O)(=O)c2ccc([N+](=O)[O-])cc2)cc1. The number of nitrogens with zero attached hydrogens (tertiary/aromatic N) is 1. The van der Waals surface area contributed by atoms with Crippen LogP contribution in [0.15, 0.2) is 53.4 Å². The highest BCUT2D eigenvalue weighted by Gasteiger charge is 2.16. The van der Waals surface area contributed by atoms with Gasteiger partial charge in [0.2, 0.25) is 5.91 Å². The summed E-state index contributed by atoms with van der Waals surface area (Å²) in [6, 6.07) is 11.3. The summed E-state index contributed by atoms with van der Waals surface area (Å²) in [5.74, 6) is -0.0667. The molecule has 0 spiro atoms. The summed E-state index contributed by atoms with van der Waals surface area (Å²) in [6.07, 6.45) is 0.902. The van der Waals surface area contributed by atoms with Crippen molar-refractivity contribution in [3.05, 3.63) is 64.2 Å². The summed E-state index contributed by atoms with van der Waals surface area (Å²) in [6.45, 7) is 0. The first-order chi connectivity index (χ1) is 11.8. The van der Waals surface area contributed by atoms with Crippen molar-refractivity contribution in [3.63, 3.8) is 0 Å². The summed E-state index contributed by atoms with van der Waals surface area (Å²) in [5, 5.41) is 13.1. The second-order valence-electron chi connectivity index (χ2n) is 5.23. The molecule has 0 fully saturated rings. The molecular weight excluding hydrogens is 346 g/mol. The number of amides is 1. The maximum Gasteiger partial charge on any atom is 0.269 e. The lowest BCUT2D eigenvalue weighted by Gasteiger charge is -2.09. The highest BCUT2D eigenvalue weighted by Crippen LogP contribution is 2.19. The minimum atomic E-state index is -3.84. The molecule has 1 amide bonds. The fraction of sp³-hybridized carbons (Fsp3) is 0.188. The Hall–Kier alpha value is -2.94. The number of benzene rings is 2. The first kappa shape index (κ1) is 18.4. The Morgan fingerprint density at radius 3 is 2.20 bits per heavy atom. The lowest BCUT2D eigenvalue weighted by Crippen LogP contribution is -2.17. The normalized spacial score (nSPS) is 10.9. The molecule has 0 aromatic heterocycles. The predicted octanol–water partition coefficient (Wildman–Crippen LogP) is 2.07. The van der Waals surface area contributed by atoms with Crippen LogP contribution >= 0.6 is 0 Å². The number of carbonyl (C=O) groups is 1. The van der Waals surface area contributed by atoms with Crippen LogP contribution in [0.2, 0.25) is 0 Å². The van der Waals surface area contributed by atoms with Gasteiger partial charge in [0.05, 0.1) is 9.82 Å². The molecular formula is C16H17N3O5S. The number of hydrogen-bond acceptors (Lipinski definition) is 5. The van der Waals surface area contributed by atoms with E-state index in [0.717, 1.165) is 17.7 Å². The van der Waals surface area contributed by atoms with Crippen molar-refractivity contribution in [1.82, 2.24) is 5.32 Å². The summed E-state index contributed by atoms with van der Waals surface area (Å²) in [7, 11) is -2.27. The average Bonchev–Trinajstić information content (AvgIpc) is 2.60. The van der Waals surface area contributed by atoms with Crippen LogP contribution in [0.4, 0.5) is 11.4 Å². The smallest absolute Gasteiger partial charge is 0.269 e. The maximum absolute atomic E-state index is 12.3. The minimum Gasteiger partial charge on any atom is -0.359 e. The average molecular weight is 363 g/mol. The third-order valence-corrected chi connectivity index (χ3v) is 4.88. The molecule has 2 aromatic carbocycles. The number of nitro benzene ring substituents is 1. The Morgan fingerprint density at radius 2 is 1.68 bits per heavy atom. The van der Waals surface area contributed by atoms with Gasteiger partial charge in [0.25, 0.3) is 15.7 Å². The largest absolute Gasteiger partial charge is 0.359 e. The number of rotatable bonds is 7. The topological polar surface area (TPSA) is 118 Å². The lowest BCUT2D eigenvalue weighted by molar-refractivity contribution is -0.384. The number of nitro groups is 1. The fourth-order valence-electron chi connectivity index (χ4n) is 2.08. The minimum absolute atomic E-state index is 0.0667. The van der Waals surface area contributed by atoms with E-state index in [9.17, 15) is 23.3 Å². The van der Waals surface area contributed by atoms with Gasteiger partial charge in [-0.3, -0.25) is 19.6 Å². The molecule has 0 bridgehead atoms. The van der Waals surface area contributed by atoms with Gasteiger partial charge in [-0.2, -0.15) is 0 Å². The van der Waals surface area contributed by atoms with Crippen LogP contribution in [0.1, 0.15) is 12.0 Å². The van der Waals surface area contributed by atoms with Gasteiger partial charge in [-0.15, -0.1) is 0 Å². The monoisotopic (exact) mass is 363 g/mol. The van der Waals surface area contributed by atoms with E-state index in [-0.39, 0.29) is 16.5 Å². The van der Waals surface area contributed by atoms with Crippen molar-refractivity contribution in [2.45, 2.75) is 17.7 Å². The second kappa shape index (κ2) is 7.75. The van der Waals surface area contributed by atoms with Crippen LogP contribution in [-0.2, 0) is 21.2 Å². The molecule has 2 N–H and O–H groups in total. The van der Waals surface area contributed by atoms with Crippen molar-refractivity contribution in [2.24, 2.45) is 0 Å². The van der Waals surface area contributed by atoms with E-state index in [1.54, 1.807) is 31.3 Å². The summed E-state index contributed by atoms with van der Waals surface area (Å²) in [5.41, 5.74) is 1.09. The Morgan fingerprint density at radius 1 is 1.08 bits per heavy atom. The summed E-state index contributed by atoms with van der Waals surface area (Å²) < 4.78 is 27.0. The molecule has 0 aliphatic rings. The van der Waals surface area contributed by atoms with Crippen LogP contribution in [0.25, 0.3) is 0 Å². The van der Waals surface area contributed by atoms with Crippen LogP contribution in [0.5, 0.6) is 0 Å². The van der Waals surface area contributed by atoms with E-state index < -0.39 is 14.9 Å². The number of hydrogen-bond donors (Lipinski definition) is 2. The van der Waals surface area contributed by atoms with Crippen LogP contribution < -0.4 is 10.0 Å². The van der Waals surface area contributed by atoms with Crippen molar-refractivity contribution >= 4 is 27.3 Å². The van der Waals surface area contributed by atoms with Gasteiger partial charge in [-0.25, -0.2) is 8.42 Å². The molecule has 2 aromatic rings. The lowest BCUT2D eigenvalue weighted by atomic mass is 10.1. The number of non-ortho nitro benzene ring substituents is 1. The van der Waals surface area contributed by atoms with Gasteiger partial charge in [0.1, 0.15) is 0 Å². The first-order valence-corrected chi connectivity index (χ1v) is 8.87. The number of aryl methyl sites for hydroxylation is 1. The molecule has 0 aliphatic heterocycles. The van der Waals surface area contributed by atoms with E-state index in [2.05, 4.69) is 10.0 Å². The van der Waals surface area contributed by atoms with Gasteiger partial charge in [-0.05, 0) is 36.2 Å². The summed E-state index contributed by atoms with van der Waals surface area (Å²) in [4.78, 5) is 21.2. The van der Waals surface area contributed by atoms with E-state index in [0.29, 0.717) is 18.5 Å². The third-order valence-electron chi connectivity index (χ3n) is 3.48. The molecule has 0 saturated carbocycles. The zero-order valence-electron chi connectivity index (χ0n) is 13.4. The summed E-state index contributed by atoms with van der Waals surface area (Å²) >= 11 is 0. The predicted molar refractivity (Wildman–Crippen MR) is 92.7 cm³/mol. The molecule has 0 unspecified atom stereocenters.